The molecule has 1 aliphatic heterocycles. The Bertz CT molecular complexity index is 336. The lowest BCUT2D eigenvalue weighted by Crippen LogP contribution is -2.30. The van der Waals surface area contributed by atoms with Gasteiger partial charge in [-0.1, -0.05) is 19.1 Å². The van der Waals surface area contributed by atoms with Gasteiger partial charge in [0.2, 0.25) is 0 Å². The van der Waals surface area contributed by atoms with E-state index in [9.17, 15) is 10.2 Å². The van der Waals surface area contributed by atoms with Crippen LogP contribution in [0.25, 0.3) is 0 Å². The number of hydrogen-bond acceptors (Lipinski definition) is 3. The highest BCUT2D eigenvalue weighted by atomic mass is 16.3. The number of hydrogen-bond donors (Lipinski definition) is 2. The van der Waals surface area contributed by atoms with Crippen LogP contribution in [0, 0.1) is 0 Å². The monoisotopic (exact) mass is 207 g/mol. The number of aromatic hydroxyl groups is 1. The van der Waals surface area contributed by atoms with Crippen LogP contribution in [0.5, 0.6) is 5.75 Å². The number of likely N-dealkylation sites (N-methyl/N-ethyl adjacent to an activating group) is 1. The highest BCUT2D eigenvalue weighted by molar-refractivity contribution is 5.30. The van der Waals surface area contributed by atoms with E-state index in [0.29, 0.717) is 6.54 Å². The predicted octanol–water partition coefficient (Wildman–Crippen LogP) is 1.31. The van der Waals surface area contributed by atoms with Crippen molar-refractivity contribution >= 4 is 0 Å². The van der Waals surface area contributed by atoms with Gasteiger partial charge in [-0.3, -0.25) is 0 Å². The molecule has 1 atom stereocenters. The van der Waals surface area contributed by atoms with Gasteiger partial charge in [-0.2, -0.15) is 0 Å². The van der Waals surface area contributed by atoms with E-state index in [1.165, 1.54) is 0 Å². The van der Waals surface area contributed by atoms with Crippen molar-refractivity contribution in [2.75, 3.05) is 19.6 Å². The fraction of sp³-hybridized carbons (Fsp3) is 0.500. The second-order valence-corrected chi connectivity index (χ2v) is 4.20. The molecule has 1 unspecified atom stereocenters. The molecule has 0 spiro atoms. The summed E-state index contributed by atoms with van der Waals surface area (Å²) in [7, 11) is 0. The van der Waals surface area contributed by atoms with Gasteiger partial charge < -0.3 is 15.1 Å². The van der Waals surface area contributed by atoms with Gasteiger partial charge in [0.25, 0.3) is 0 Å². The Morgan fingerprint density at radius 3 is 2.53 bits per heavy atom. The lowest BCUT2D eigenvalue weighted by molar-refractivity contribution is 0.0467. The Labute approximate surface area is 90.0 Å². The van der Waals surface area contributed by atoms with Crippen LogP contribution < -0.4 is 0 Å². The van der Waals surface area contributed by atoms with E-state index in [4.69, 9.17) is 0 Å². The normalized spacial score (nSPS) is 27.1. The van der Waals surface area contributed by atoms with Crippen molar-refractivity contribution in [2.24, 2.45) is 0 Å². The van der Waals surface area contributed by atoms with Gasteiger partial charge in [-0.15, -0.1) is 0 Å². The molecule has 0 aromatic heterocycles. The Morgan fingerprint density at radius 1 is 1.33 bits per heavy atom. The van der Waals surface area contributed by atoms with Crippen molar-refractivity contribution in [3.05, 3.63) is 29.8 Å². The maximum absolute atomic E-state index is 10.4. The molecule has 2 N–H and O–H groups in total. The van der Waals surface area contributed by atoms with Crippen LogP contribution in [0.1, 0.15) is 18.9 Å². The quantitative estimate of drug-likeness (QED) is 0.768. The number of β-amino-alcohol motifs (C(OH)–C–C–N with tert-alkyl or cyclic N) is 1. The van der Waals surface area contributed by atoms with Crippen LogP contribution in [-0.4, -0.2) is 34.7 Å². The minimum Gasteiger partial charge on any atom is -0.508 e. The first kappa shape index (κ1) is 10.5. The fourth-order valence-corrected chi connectivity index (χ4v) is 2.15. The molecule has 3 heteroatoms. The maximum Gasteiger partial charge on any atom is 0.115 e. The molecular weight excluding hydrogens is 190 g/mol. The average Bonchev–Trinajstić information content (AvgIpc) is 2.62. The molecule has 1 saturated heterocycles. The number of phenols is 1. The third-order valence-corrected chi connectivity index (χ3v) is 3.18. The van der Waals surface area contributed by atoms with Crippen molar-refractivity contribution < 1.29 is 10.2 Å². The molecule has 0 bridgehead atoms. The second kappa shape index (κ2) is 3.83. The summed E-state index contributed by atoms with van der Waals surface area (Å²) in [6.07, 6.45) is 0.769. The molecular formula is C12H17NO2. The van der Waals surface area contributed by atoms with Gasteiger partial charge in [0.05, 0.1) is 0 Å². The standard InChI is InChI=1S/C12H17NO2/c1-2-13-8-7-12(15,9-13)10-3-5-11(14)6-4-10/h3-6,14-15H,2,7-9H2,1H3. The zero-order chi connectivity index (χ0) is 10.9. The van der Waals surface area contributed by atoms with Gasteiger partial charge in [-0.05, 0) is 30.7 Å². The number of rotatable bonds is 2. The van der Waals surface area contributed by atoms with E-state index in [-0.39, 0.29) is 5.75 Å². The van der Waals surface area contributed by atoms with E-state index in [1.807, 2.05) is 0 Å². The number of likely N-dealkylation sites (tertiary alicyclic amines) is 1. The van der Waals surface area contributed by atoms with Gasteiger partial charge >= 0.3 is 0 Å². The summed E-state index contributed by atoms with van der Waals surface area (Å²) in [5, 5.41) is 19.6. The van der Waals surface area contributed by atoms with Gasteiger partial charge in [0, 0.05) is 13.1 Å². The van der Waals surface area contributed by atoms with Crippen LogP contribution in [0.15, 0.2) is 24.3 Å². The molecule has 0 aliphatic carbocycles. The molecule has 1 aromatic rings. The number of phenolic OH excluding ortho intramolecular Hbond substituents is 1. The molecule has 0 radical (unpaired) electrons. The maximum atomic E-state index is 10.4. The number of benzene rings is 1. The van der Waals surface area contributed by atoms with Crippen molar-refractivity contribution in [2.45, 2.75) is 18.9 Å². The molecule has 0 saturated carbocycles. The first-order valence-electron chi connectivity index (χ1n) is 5.38. The molecule has 1 aliphatic rings. The summed E-state index contributed by atoms with van der Waals surface area (Å²) in [6.45, 7) is 4.70. The predicted molar refractivity (Wildman–Crippen MR) is 58.7 cm³/mol. The zero-order valence-corrected chi connectivity index (χ0v) is 8.98. The van der Waals surface area contributed by atoms with E-state index in [0.717, 1.165) is 25.1 Å². The largest absolute Gasteiger partial charge is 0.508 e. The van der Waals surface area contributed by atoms with Crippen molar-refractivity contribution in [3.8, 4) is 5.75 Å². The smallest absolute Gasteiger partial charge is 0.115 e. The van der Waals surface area contributed by atoms with Crippen molar-refractivity contribution in [1.29, 1.82) is 0 Å². The topological polar surface area (TPSA) is 43.7 Å². The van der Waals surface area contributed by atoms with Crippen LogP contribution in [0.3, 0.4) is 0 Å². The fourth-order valence-electron chi connectivity index (χ4n) is 2.15. The van der Waals surface area contributed by atoms with Gasteiger partial charge in [0.15, 0.2) is 0 Å². The minimum atomic E-state index is -0.732. The van der Waals surface area contributed by atoms with Crippen LogP contribution in [0.4, 0.5) is 0 Å². The third-order valence-electron chi connectivity index (χ3n) is 3.18. The average molecular weight is 207 g/mol. The Kier molecular flexibility index (Phi) is 2.67. The Hall–Kier alpha value is -1.06. The summed E-state index contributed by atoms with van der Waals surface area (Å²) in [5.41, 5.74) is 0.167. The van der Waals surface area contributed by atoms with E-state index in [2.05, 4.69) is 11.8 Å². The molecule has 15 heavy (non-hydrogen) atoms. The second-order valence-electron chi connectivity index (χ2n) is 4.20. The summed E-state index contributed by atoms with van der Waals surface area (Å²) < 4.78 is 0. The summed E-state index contributed by atoms with van der Waals surface area (Å²) >= 11 is 0. The molecule has 2 rings (SSSR count). The summed E-state index contributed by atoms with van der Waals surface area (Å²) in [5.74, 6) is 0.243. The Balaban J connectivity index is 2.20. The van der Waals surface area contributed by atoms with Crippen LogP contribution in [-0.2, 0) is 5.60 Å². The van der Waals surface area contributed by atoms with Crippen molar-refractivity contribution in [3.63, 3.8) is 0 Å². The molecule has 3 nitrogen and oxygen atoms in total. The lowest BCUT2D eigenvalue weighted by Gasteiger charge is -2.23. The highest BCUT2D eigenvalue weighted by Crippen LogP contribution is 2.32. The molecule has 0 amide bonds. The lowest BCUT2D eigenvalue weighted by atomic mass is 9.93. The number of nitrogens with zero attached hydrogens (tertiary/aromatic N) is 1. The zero-order valence-electron chi connectivity index (χ0n) is 8.98. The third kappa shape index (κ3) is 1.98. The van der Waals surface area contributed by atoms with E-state index in [1.54, 1.807) is 24.3 Å². The first-order chi connectivity index (χ1) is 7.14. The van der Waals surface area contributed by atoms with Gasteiger partial charge in [-0.25, -0.2) is 0 Å². The summed E-state index contributed by atoms with van der Waals surface area (Å²) in [6, 6.07) is 6.85. The van der Waals surface area contributed by atoms with Crippen molar-refractivity contribution in [1.82, 2.24) is 4.90 Å². The minimum absolute atomic E-state index is 0.243. The number of aliphatic hydroxyl groups is 1. The van der Waals surface area contributed by atoms with E-state index < -0.39 is 5.60 Å². The summed E-state index contributed by atoms with van der Waals surface area (Å²) in [4.78, 5) is 2.23. The van der Waals surface area contributed by atoms with Crippen LogP contribution in [0.2, 0.25) is 0 Å². The highest BCUT2D eigenvalue weighted by Gasteiger charge is 2.36. The Morgan fingerprint density at radius 2 is 2.00 bits per heavy atom. The van der Waals surface area contributed by atoms with Gasteiger partial charge in [0.1, 0.15) is 11.4 Å². The molecule has 1 aromatic carbocycles. The van der Waals surface area contributed by atoms with Crippen LogP contribution >= 0.6 is 0 Å². The molecule has 82 valence electrons. The molecule has 1 fully saturated rings. The van der Waals surface area contributed by atoms with E-state index >= 15 is 0 Å². The SMILES string of the molecule is CCN1CCC(O)(c2ccc(O)cc2)C1. The molecule has 1 heterocycles. The first-order valence-corrected chi connectivity index (χ1v) is 5.38.